The van der Waals surface area contributed by atoms with E-state index in [0.717, 1.165) is 12.1 Å². The summed E-state index contributed by atoms with van der Waals surface area (Å²) in [7, 11) is 0. The molecule has 0 spiro atoms. The largest absolute Gasteiger partial charge is 0.210 e. The summed E-state index contributed by atoms with van der Waals surface area (Å²) in [6.45, 7) is 2.31. The topological polar surface area (TPSA) is 43.6 Å². The summed E-state index contributed by atoms with van der Waals surface area (Å²) in [4.78, 5) is 1.27. The molecule has 0 aliphatic rings. The molecule has 15 heavy (non-hydrogen) atoms. The second kappa shape index (κ2) is 3.72. The van der Waals surface area contributed by atoms with Gasteiger partial charge in [-0.25, -0.2) is 8.78 Å². The summed E-state index contributed by atoms with van der Waals surface area (Å²) < 4.78 is 26.6. The number of hydrogen-bond donors (Lipinski definition) is 0. The van der Waals surface area contributed by atoms with E-state index in [1.807, 2.05) is 6.92 Å². The van der Waals surface area contributed by atoms with Crippen LogP contribution in [0.2, 0.25) is 0 Å². The van der Waals surface area contributed by atoms with Gasteiger partial charge >= 0.3 is 0 Å². The van der Waals surface area contributed by atoms with Crippen molar-refractivity contribution in [3.8, 4) is 11.4 Å². The Bertz CT molecular complexity index is 460. The number of benzene rings is 1. The molecule has 1 aromatic heterocycles. The number of aryl methyl sites for hydroxylation is 1. The van der Waals surface area contributed by atoms with E-state index < -0.39 is 11.6 Å². The predicted octanol–water partition coefficient (Wildman–Crippen LogP) is 1.64. The van der Waals surface area contributed by atoms with Crippen LogP contribution in [0, 0.1) is 11.6 Å². The van der Waals surface area contributed by atoms with E-state index >= 15 is 0 Å². The molecule has 0 saturated carbocycles. The first-order chi connectivity index (χ1) is 7.22. The number of rotatable bonds is 2. The Kier molecular flexibility index (Phi) is 2.40. The van der Waals surface area contributed by atoms with E-state index in [4.69, 9.17) is 0 Å². The van der Waals surface area contributed by atoms with Crippen LogP contribution in [-0.4, -0.2) is 20.2 Å². The first-order valence-electron chi connectivity index (χ1n) is 4.44. The molecule has 0 N–H and O–H groups in total. The number of hydrogen-bond acceptors (Lipinski definition) is 3. The van der Waals surface area contributed by atoms with Gasteiger partial charge in [-0.3, -0.25) is 0 Å². The van der Waals surface area contributed by atoms with Crippen molar-refractivity contribution in [1.29, 1.82) is 0 Å². The summed E-state index contributed by atoms with van der Waals surface area (Å²) in [5.41, 5.74) is -0.239. The quantitative estimate of drug-likeness (QED) is 0.756. The fourth-order valence-electron chi connectivity index (χ4n) is 1.19. The molecule has 6 heteroatoms. The molecule has 0 radical (unpaired) electrons. The SMILES string of the molecule is CCn1nnc(-c2c(F)cccc2F)n1. The number of aromatic nitrogens is 4. The van der Waals surface area contributed by atoms with Crippen LogP contribution in [0.3, 0.4) is 0 Å². The van der Waals surface area contributed by atoms with Crippen molar-refractivity contribution in [2.45, 2.75) is 13.5 Å². The van der Waals surface area contributed by atoms with Crippen LogP contribution in [0.1, 0.15) is 6.92 Å². The number of nitrogens with zero attached hydrogens (tertiary/aromatic N) is 4. The molecule has 0 aliphatic carbocycles. The Morgan fingerprint density at radius 2 is 1.93 bits per heavy atom. The maximum Gasteiger partial charge on any atom is 0.210 e. The maximum absolute atomic E-state index is 13.3. The third-order valence-electron chi connectivity index (χ3n) is 1.92. The van der Waals surface area contributed by atoms with Crippen molar-refractivity contribution in [2.24, 2.45) is 0 Å². The molecule has 4 nitrogen and oxygen atoms in total. The summed E-state index contributed by atoms with van der Waals surface area (Å²) >= 11 is 0. The van der Waals surface area contributed by atoms with Gasteiger partial charge in [-0.05, 0) is 24.3 Å². The fourth-order valence-corrected chi connectivity index (χ4v) is 1.19. The molecular weight excluding hydrogens is 202 g/mol. The van der Waals surface area contributed by atoms with Gasteiger partial charge < -0.3 is 0 Å². The third-order valence-corrected chi connectivity index (χ3v) is 1.92. The zero-order valence-electron chi connectivity index (χ0n) is 7.98. The monoisotopic (exact) mass is 210 g/mol. The predicted molar refractivity (Wildman–Crippen MR) is 48.8 cm³/mol. The standard InChI is InChI=1S/C9H8F2N4/c1-2-15-13-9(12-14-15)8-6(10)4-3-5-7(8)11/h3-5H,2H2,1H3. The van der Waals surface area contributed by atoms with Gasteiger partial charge in [-0.1, -0.05) is 6.07 Å². The second-order valence-corrected chi connectivity index (χ2v) is 2.90. The van der Waals surface area contributed by atoms with Gasteiger partial charge in [-0.2, -0.15) is 4.80 Å². The van der Waals surface area contributed by atoms with Crippen LogP contribution >= 0.6 is 0 Å². The smallest absolute Gasteiger partial charge is 0.206 e. The highest BCUT2D eigenvalue weighted by molar-refractivity contribution is 5.55. The van der Waals surface area contributed by atoms with Crippen LogP contribution in [0.4, 0.5) is 8.78 Å². The first kappa shape index (κ1) is 9.70. The van der Waals surface area contributed by atoms with Crippen molar-refractivity contribution in [3.63, 3.8) is 0 Å². The normalized spacial score (nSPS) is 10.6. The zero-order chi connectivity index (χ0) is 10.8. The zero-order valence-corrected chi connectivity index (χ0v) is 7.98. The van der Waals surface area contributed by atoms with Crippen LogP contribution in [0.15, 0.2) is 18.2 Å². The van der Waals surface area contributed by atoms with E-state index in [2.05, 4.69) is 15.4 Å². The van der Waals surface area contributed by atoms with E-state index in [-0.39, 0.29) is 11.4 Å². The fraction of sp³-hybridized carbons (Fsp3) is 0.222. The van der Waals surface area contributed by atoms with Gasteiger partial charge in [0.05, 0.1) is 12.1 Å². The highest BCUT2D eigenvalue weighted by Crippen LogP contribution is 2.21. The highest BCUT2D eigenvalue weighted by Gasteiger charge is 2.15. The first-order valence-corrected chi connectivity index (χ1v) is 4.44. The van der Waals surface area contributed by atoms with E-state index in [0.29, 0.717) is 6.54 Å². The molecule has 0 unspecified atom stereocenters. The summed E-state index contributed by atoms with van der Waals surface area (Å²) in [5, 5.41) is 11.1. The Morgan fingerprint density at radius 1 is 1.27 bits per heavy atom. The molecule has 0 atom stereocenters. The number of tetrazole rings is 1. The molecule has 2 aromatic rings. The molecule has 2 rings (SSSR count). The van der Waals surface area contributed by atoms with Crippen molar-refractivity contribution >= 4 is 0 Å². The van der Waals surface area contributed by atoms with Crippen molar-refractivity contribution < 1.29 is 8.78 Å². The molecule has 0 aliphatic heterocycles. The maximum atomic E-state index is 13.3. The van der Waals surface area contributed by atoms with E-state index in [1.165, 1.54) is 10.9 Å². The van der Waals surface area contributed by atoms with Crippen molar-refractivity contribution in [3.05, 3.63) is 29.8 Å². The Balaban J connectivity index is 2.53. The Morgan fingerprint density at radius 3 is 2.47 bits per heavy atom. The summed E-state index contributed by atoms with van der Waals surface area (Å²) in [6, 6.07) is 3.61. The molecule has 0 amide bonds. The van der Waals surface area contributed by atoms with Crippen LogP contribution < -0.4 is 0 Å². The average Bonchev–Trinajstić information content (AvgIpc) is 2.66. The lowest BCUT2D eigenvalue weighted by Crippen LogP contribution is -1.98. The lowest BCUT2D eigenvalue weighted by Gasteiger charge is -1.98. The Hall–Kier alpha value is -1.85. The Labute approximate surface area is 84.5 Å². The molecule has 0 saturated heterocycles. The second-order valence-electron chi connectivity index (χ2n) is 2.90. The highest BCUT2D eigenvalue weighted by atomic mass is 19.1. The van der Waals surface area contributed by atoms with E-state index in [9.17, 15) is 8.78 Å². The summed E-state index contributed by atoms with van der Waals surface area (Å²) in [5.74, 6) is -1.41. The minimum Gasteiger partial charge on any atom is -0.206 e. The lowest BCUT2D eigenvalue weighted by atomic mass is 10.2. The van der Waals surface area contributed by atoms with Gasteiger partial charge in [0.1, 0.15) is 11.6 Å². The molecule has 1 heterocycles. The number of halogens is 2. The van der Waals surface area contributed by atoms with Gasteiger partial charge in [0, 0.05) is 0 Å². The van der Waals surface area contributed by atoms with Crippen molar-refractivity contribution in [1.82, 2.24) is 20.2 Å². The van der Waals surface area contributed by atoms with Crippen LogP contribution in [0.25, 0.3) is 11.4 Å². The molecule has 0 fully saturated rings. The minimum atomic E-state index is -0.689. The van der Waals surface area contributed by atoms with Gasteiger partial charge in [0.15, 0.2) is 0 Å². The van der Waals surface area contributed by atoms with Crippen LogP contribution in [0.5, 0.6) is 0 Å². The molecular formula is C9H8F2N4. The molecule has 78 valence electrons. The van der Waals surface area contributed by atoms with Gasteiger partial charge in [0.2, 0.25) is 5.82 Å². The van der Waals surface area contributed by atoms with Crippen LogP contribution in [-0.2, 0) is 6.54 Å². The van der Waals surface area contributed by atoms with Gasteiger partial charge in [-0.15, -0.1) is 10.2 Å². The van der Waals surface area contributed by atoms with Gasteiger partial charge in [0.25, 0.3) is 0 Å². The molecule has 1 aromatic carbocycles. The summed E-state index contributed by atoms with van der Waals surface area (Å²) in [6.07, 6.45) is 0. The minimum absolute atomic E-state index is 0.0348. The average molecular weight is 210 g/mol. The molecule has 0 bridgehead atoms. The lowest BCUT2D eigenvalue weighted by molar-refractivity contribution is 0.551. The van der Waals surface area contributed by atoms with E-state index in [1.54, 1.807) is 0 Å². The third kappa shape index (κ3) is 1.70. The van der Waals surface area contributed by atoms with Crippen molar-refractivity contribution in [2.75, 3.05) is 0 Å².